The summed E-state index contributed by atoms with van der Waals surface area (Å²) >= 11 is 0. The maximum Gasteiger partial charge on any atom is 0.408 e. The van der Waals surface area contributed by atoms with Gasteiger partial charge in [-0.1, -0.05) is 30.3 Å². The van der Waals surface area contributed by atoms with E-state index in [0.29, 0.717) is 24.4 Å². The van der Waals surface area contributed by atoms with E-state index in [9.17, 15) is 18.0 Å². The van der Waals surface area contributed by atoms with Crippen LogP contribution in [0.15, 0.2) is 36.5 Å². The molecule has 27 heavy (non-hydrogen) atoms. The van der Waals surface area contributed by atoms with Crippen LogP contribution in [0.5, 0.6) is 0 Å². The fourth-order valence-electron chi connectivity index (χ4n) is 3.15. The number of ether oxygens (including phenoxy) is 1. The van der Waals surface area contributed by atoms with Crippen LogP contribution in [0.1, 0.15) is 19.3 Å². The third-order valence-corrected chi connectivity index (χ3v) is 4.46. The highest BCUT2D eigenvalue weighted by molar-refractivity contribution is 5.93. The van der Waals surface area contributed by atoms with Gasteiger partial charge < -0.3 is 15.4 Å². The van der Waals surface area contributed by atoms with Gasteiger partial charge in [-0.25, -0.2) is 4.79 Å². The molecule has 3 rings (SSSR count). The Morgan fingerprint density at radius 3 is 2.74 bits per heavy atom. The minimum absolute atomic E-state index is 0.296. The second-order valence-corrected chi connectivity index (χ2v) is 6.46. The molecule has 1 saturated heterocycles. The molecule has 1 aromatic carbocycles. The fourth-order valence-corrected chi connectivity index (χ4v) is 3.15. The van der Waals surface area contributed by atoms with Crippen molar-refractivity contribution < 1.29 is 22.7 Å². The quantitative estimate of drug-likeness (QED) is 0.828. The van der Waals surface area contributed by atoms with E-state index in [2.05, 4.69) is 10.4 Å². The first-order valence-corrected chi connectivity index (χ1v) is 8.68. The number of carbonyl (C=O) groups is 1. The van der Waals surface area contributed by atoms with Gasteiger partial charge in [-0.2, -0.15) is 18.3 Å². The lowest BCUT2D eigenvalue weighted by Gasteiger charge is -2.24. The summed E-state index contributed by atoms with van der Waals surface area (Å²) in [4.78, 5) is 12.2. The van der Waals surface area contributed by atoms with Crippen LogP contribution in [0, 0.1) is 0 Å². The predicted octanol–water partition coefficient (Wildman–Crippen LogP) is 3.71. The molecule has 0 spiro atoms. The largest absolute Gasteiger partial charge is 0.408 e. The Morgan fingerprint density at radius 2 is 2.11 bits per heavy atom. The van der Waals surface area contributed by atoms with Crippen LogP contribution in [0.4, 0.5) is 23.7 Å². The van der Waals surface area contributed by atoms with Crippen molar-refractivity contribution in [1.82, 2.24) is 15.1 Å². The summed E-state index contributed by atoms with van der Waals surface area (Å²) in [7, 11) is 1.70. The predicted molar refractivity (Wildman–Crippen MR) is 94.2 cm³/mol. The monoisotopic (exact) mass is 382 g/mol. The highest BCUT2D eigenvalue weighted by Crippen LogP contribution is 2.29. The van der Waals surface area contributed by atoms with Gasteiger partial charge in [0.05, 0.1) is 23.7 Å². The topological polar surface area (TPSA) is 68.2 Å². The molecule has 0 radical (unpaired) electrons. The van der Waals surface area contributed by atoms with Gasteiger partial charge in [0.1, 0.15) is 6.04 Å². The zero-order valence-corrected chi connectivity index (χ0v) is 14.8. The number of amides is 2. The molecule has 9 heteroatoms. The molecule has 0 aliphatic carbocycles. The van der Waals surface area contributed by atoms with Crippen LogP contribution >= 0.6 is 0 Å². The number of hydrogen-bond donors (Lipinski definition) is 2. The van der Waals surface area contributed by atoms with Gasteiger partial charge in [0.2, 0.25) is 0 Å². The van der Waals surface area contributed by atoms with Crippen molar-refractivity contribution >= 4 is 11.7 Å². The standard InChI is InChI=1S/C18H21F3N4O2/c1-25-16(12-6-3-2-4-7-12)14(11-22-25)23-17(26)24-15(18(19,20)21)10-13-8-5-9-27-13/h2-4,6-7,11,13,15H,5,8-10H2,1H3,(H2,23,24,26). The molecule has 2 N–H and O–H groups in total. The molecular formula is C18H21F3N4O2. The lowest BCUT2D eigenvalue weighted by Crippen LogP contribution is -2.48. The molecule has 2 heterocycles. The highest BCUT2D eigenvalue weighted by atomic mass is 19.4. The lowest BCUT2D eigenvalue weighted by molar-refractivity contribution is -0.159. The summed E-state index contributed by atoms with van der Waals surface area (Å²) in [5, 5.41) is 8.60. The summed E-state index contributed by atoms with van der Waals surface area (Å²) in [5.74, 6) is 0. The first-order valence-electron chi connectivity index (χ1n) is 8.68. The third kappa shape index (κ3) is 4.79. The average molecular weight is 382 g/mol. The van der Waals surface area contributed by atoms with E-state index >= 15 is 0 Å². The second kappa shape index (κ2) is 7.99. The van der Waals surface area contributed by atoms with Crippen molar-refractivity contribution in [2.45, 2.75) is 37.6 Å². The van der Waals surface area contributed by atoms with Crippen molar-refractivity contribution in [1.29, 1.82) is 0 Å². The number of benzene rings is 1. The number of nitrogens with zero attached hydrogens (tertiary/aromatic N) is 2. The van der Waals surface area contributed by atoms with E-state index in [1.165, 1.54) is 6.20 Å². The van der Waals surface area contributed by atoms with Crippen molar-refractivity contribution in [3.8, 4) is 11.3 Å². The van der Waals surface area contributed by atoms with Crippen LogP contribution in [0.2, 0.25) is 0 Å². The molecule has 2 unspecified atom stereocenters. The summed E-state index contributed by atoms with van der Waals surface area (Å²) in [6.45, 7) is 0.456. The van der Waals surface area contributed by atoms with E-state index in [-0.39, 0.29) is 6.42 Å². The molecule has 2 aromatic rings. The van der Waals surface area contributed by atoms with E-state index in [4.69, 9.17) is 4.74 Å². The first kappa shape index (κ1) is 19.2. The lowest BCUT2D eigenvalue weighted by atomic mass is 10.1. The minimum atomic E-state index is -4.56. The Labute approximate surface area is 154 Å². The third-order valence-electron chi connectivity index (χ3n) is 4.46. The number of anilines is 1. The molecule has 6 nitrogen and oxygen atoms in total. The number of nitrogens with one attached hydrogen (secondary N) is 2. The van der Waals surface area contributed by atoms with E-state index in [0.717, 1.165) is 12.0 Å². The highest BCUT2D eigenvalue weighted by Gasteiger charge is 2.42. The zero-order chi connectivity index (χ0) is 19.4. The van der Waals surface area contributed by atoms with Gasteiger partial charge in [0.25, 0.3) is 0 Å². The maximum absolute atomic E-state index is 13.3. The van der Waals surface area contributed by atoms with Crippen molar-refractivity contribution in [3.05, 3.63) is 36.5 Å². The van der Waals surface area contributed by atoms with Gasteiger partial charge in [0, 0.05) is 25.6 Å². The van der Waals surface area contributed by atoms with Gasteiger partial charge in [-0.05, 0) is 12.8 Å². The van der Waals surface area contributed by atoms with Crippen molar-refractivity contribution in [2.75, 3.05) is 11.9 Å². The molecule has 1 aromatic heterocycles. The number of aromatic nitrogens is 2. The van der Waals surface area contributed by atoms with E-state index in [1.54, 1.807) is 11.7 Å². The van der Waals surface area contributed by atoms with Gasteiger partial charge in [0.15, 0.2) is 0 Å². The Hall–Kier alpha value is -2.55. The van der Waals surface area contributed by atoms with E-state index < -0.39 is 24.4 Å². The fraction of sp³-hybridized carbons (Fsp3) is 0.444. The zero-order valence-electron chi connectivity index (χ0n) is 14.8. The Balaban J connectivity index is 1.71. The number of urea groups is 1. The summed E-state index contributed by atoms with van der Waals surface area (Å²) in [6.07, 6.45) is -2.63. The molecule has 0 saturated carbocycles. The van der Waals surface area contributed by atoms with E-state index in [1.807, 2.05) is 35.6 Å². The Morgan fingerprint density at radius 1 is 1.37 bits per heavy atom. The Kier molecular flexibility index (Phi) is 5.69. The molecule has 1 fully saturated rings. The molecular weight excluding hydrogens is 361 g/mol. The normalized spacial score (nSPS) is 18.3. The van der Waals surface area contributed by atoms with Crippen molar-refractivity contribution in [2.24, 2.45) is 7.05 Å². The number of halogens is 3. The number of hydrogen-bond acceptors (Lipinski definition) is 3. The van der Waals surface area contributed by atoms with Crippen LogP contribution in [-0.2, 0) is 11.8 Å². The molecule has 0 bridgehead atoms. The summed E-state index contributed by atoms with van der Waals surface area (Å²) in [5.41, 5.74) is 1.73. The number of rotatable bonds is 5. The molecule has 1 aliphatic heterocycles. The smallest absolute Gasteiger partial charge is 0.378 e. The molecule has 2 amide bonds. The Bertz CT molecular complexity index is 771. The van der Waals surface area contributed by atoms with Crippen LogP contribution in [0.25, 0.3) is 11.3 Å². The van der Waals surface area contributed by atoms with Crippen molar-refractivity contribution in [3.63, 3.8) is 0 Å². The number of aryl methyl sites for hydroxylation is 1. The van der Waals surface area contributed by atoms with Crippen LogP contribution < -0.4 is 10.6 Å². The van der Waals surface area contributed by atoms with Crippen LogP contribution in [-0.4, -0.2) is 40.7 Å². The maximum atomic E-state index is 13.3. The van der Waals surface area contributed by atoms with Crippen LogP contribution in [0.3, 0.4) is 0 Å². The SMILES string of the molecule is Cn1ncc(NC(=O)NC(CC2CCCO2)C(F)(F)F)c1-c1ccccc1. The molecule has 1 aliphatic rings. The van der Waals surface area contributed by atoms with Gasteiger partial charge in [-0.15, -0.1) is 0 Å². The molecule has 146 valence electrons. The average Bonchev–Trinajstić information content (AvgIpc) is 3.24. The minimum Gasteiger partial charge on any atom is -0.378 e. The number of alkyl halides is 3. The summed E-state index contributed by atoms with van der Waals surface area (Å²) in [6, 6.07) is 6.25. The van der Waals surface area contributed by atoms with Gasteiger partial charge >= 0.3 is 12.2 Å². The second-order valence-electron chi connectivity index (χ2n) is 6.46. The first-order chi connectivity index (χ1) is 12.8. The van der Waals surface area contributed by atoms with Gasteiger partial charge in [-0.3, -0.25) is 4.68 Å². The summed E-state index contributed by atoms with van der Waals surface area (Å²) < 4.78 is 46.7. The molecule has 2 atom stereocenters. The number of carbonyl (C=O) groups excluding carboxylic acids is 1.